The fourth-order valence-corrected chi connectivity index (χ4v) is 1.67. The highest BCUT2D eigenvalue weighted by molar-refractivity contribution is 6.32. The first-order valence-corrected chi connectivity index (χ1v) is 5.91. The van der Waals surface area contributed by atoms with Gasteiger partial charge in [-0.3, -0.25) is 0 Å². The predicted octanol–water partition coefficient (Wildman–Crippen LogP) is 4.28. The third-order valence-corrected chi connectivity index (χ3v) is 2.84. The lowest BCUT2D eigenvalue weighted by Crippen LogP contribution is -1.99. The predicted molar refractivity (Wildman–Crippen MR) is 69.8 cm³/mol. The summed E-state index contributed by atoms with van der Waals surface area (Å²) < 4.78 is 5.58. The number of aryl methyl sites for hydroxylation is 1. The molecule has 0 radical (unpaired) electrons. The van der Waals surface area contributed by atoms with Crippen LogP contribution in [0.5, 0.6) is 5.75 Å². The van der Waals surface area contributed by atoms with E-state index < -0.39 is 0 Å². The van der Waals surface area contributed by atoms with Gasteiger partial charge >= 0.3 is 0 Å². The first-order chi connectivity index (χ1) is 8.15. The second-order valence-corrected chi connectivity index (χ2v) is 4.46. The first-order valence-electron chi connectivity index (χ1n) is 5.15. The fourth-order valence-electron chi connectivity index (χ4n) is 1.35. The minimum atomic E-state index is 0.308. The number of nitrogens with zero attached hydrogens (tertiary/aromatic N) is 1. The van der Waals surface area contributed by atoms with Crippen LogP contribution in [0.25, 0.3) is 0 Å². The quantitative estimate of drug-likeness (QED) is 0.775. The van der Waals surface area contributed by atoms with Crippen LogP contribution < -0.4 is 4.74 Å². The SMILES string of the molecule is Cc1ccc(OCc2nc(Cl)ccc2Cl)cc1. The van der Waals surface area contributed by atoms with E-state index in [4.69, 9.17) is 27.9 Å². The molecule has 4 heteroatoms. The summed E-state index contributed by atoms with van der Waals surface area (Å²) in [6, 6.07) is 11.2. The Bertz CT molecular complexity index is 511. The topological polar surface area (TPSA) is 22.1 Å². The summed E-state index contributed by atoms with van der Waals surface area (Å²) in [6.07, 6.45) is 0. The molecule has 0 unspecified atom stereocenters. The number of benzene rings is 1. The maximum Gasteiger partial charge on any atom is 0.132 e. The van der Waals surface area contributed by atoms with Gasteiger partial charge in [-0.25, -0.2) is 4.98 Å². The van der Waals surface area contributed by atoms with Crippen LogP contribution in [-0.4, -0.2) is 4.98 Å². The van der Waals surface area contributed by atoms with Gasteiger partial charge in [0.25, 0.3) is 0 Å². The van der Waals surface area contributed by atoms with E-state index >= 15 is 0 Å². The molecule has 0 saturated carbocycles. The summed E-state index contributed by atoms with van der Waals surface area (Å²) in [6.45, 7) is 2.33. The second kappa shape index (κ2) is 5.39. The van der Waals surface area contributed by atoms with Crippen LogP contribution in [0.3, 0.4) is 0 Å². The number of halogens is 2. The third-order valence-electron chi connectivity index (χ3n) is 2.28. The Morgan fingerprint density at radius 1 is 1.06 bits per heavy atom. The molecule has 2 aromatic rings. The van der Waals surface area contributed by atoms with E-state index in [0.717, 1.165) is 5.75 Å². The molecule has 0 saturated heterocycles. The lowest BCUT2D eigenvalue weighted by atomic mass is 10.2. The van der Waals surface area contributed by atoms with Crippen LogP contribution in [0.4, 0.5) is 0 Å². The summed E-state index contributed by atoms with van der Waals surface area (Å²) in [4.78, 5) is 4.11. The molecule has 0 atom stereocenters. The Labute approximate surface area is 110 Å². The van der Waals surface area contributed by atoms with Crippen LogP contribution in [0.1, 0.15) is 11.3 Å². The van der Waals surface area contributed by atoms with Crippen molar-refractivity contribution in [1.29, 1.82) is 0 Å². The molecule has 0 aliphatic rings. The van der Waals surface area contributed by atoms with Gasteiger partial charge in [0.05, 0.1) is 10.7 Å². The smallest absolute Gasteiger partial charge is 0.132 e. The van der Waals surface area contributed by atoms with Crippen molar-refractivity contribution in [1.82, 2.24) is 4.98 Å². The average molecular weight is 268 g/mol. The molecule has 0 fully saturated rings. The zero-order valence-corrected chi connectivity index (χ0v) is 10.8. The minimum Gasteiger partial charge on any atom is -0.487 e. The first kappa shape index (κ1) is 12.2. The van der Waals surface area contributed by atoms with E-state index in [1.807, 2.05) is 31.2 Å². The molecule has 1 aromatic carbocycles. The molecule has 1 aromatic heterocycles. The molecule has 88 valence electrons. The molecule has 0 aliphatic carbocycles. The van der Waals surface area contributed by atoms with Crippen LogP contribution in [0, 0.1) is 6.92 Å². The standard InChI is InChI=1S/C13H11Cl2NO/c1-9-2-4-10(5-3-9)17-8-12-11(14)6-7-13(15)16-12/h2-7H,8H2,1H3. The third kappa shape index (κ3) is 3.35. The molecule has 0 spiro atoms. The fraction of sp³-hybridized carbons (Fsp3) is 0.154. The summed E-state index contributed by atoms with van der Waals surface area (Å²) in [5, 5.41) is 0.971. The number of ether oxygens (including phenoxy) is 1. The summed E-state index contributed by atoms with van der Waals surface area (Å²) in [5.74, 6) is 0.786. The molecular formula is C13H11Cl2NO. The van der Waals surface area contributed by atoms with Crippen molar-refractivity contribution in [2.75, 3.05) is 0 Å². The highest BCUT2D eigenvalue weighted by Crippen LogP contribution is 2.19. The van der Waals surface area contributed by atoms with E-state index in [0.29, 0.717) is 22.5 Å². The van der Waals surface area contributed by atoms with E-state index in [1.165, 1.54) is 5.56 Å². The number of hydrogen-bond acceptors (Lipinski definition) is 2. The zero-order chi connectivity index (χ0) is 12.3. The molecule has 0 bridgehead atoms. The molecule has 17 heavy (non-hydrogen) atoms. The Morgan fingerprint density at radius 2 is 1.76 bits per heavy atom. The Balaban J connectivity index is 2.07. The van der Waals surface area contributed by atoms with Crippen molar-refractivity contribution < 1.29 is 4.74 Å². The van der Waals surface area contributed by atoms with Gasteiger partial charge in [0.1, 0.15) is 17.5 Å². The number of hydrogen-bond donors (Lipinski definition) is 0. The summed E-state index contributed by atoms with van der Waals surface area (Å²) in [5.41, 5.74) is 1.83. The second-order valence-electron chi connectivity index (χ2n) is 3.66. The van der Waals surface area contributed by atoms with Crippen molar-refractivity contribution in [3.8, 4) is 5.75 Å². The van der Waals surface area contributed by atoms with Gasteiger partial charge in [-0.05, 0) is 31.2 Å². The molecule has 0 aliphatic heterocycles. The highest BCUT2D eigenvalue weighted by atomic mass is 35.5. The lowest BCUT2D eigenvalue weighted by Gasteiger charge is -2.07. The van der Waals surface area contributed by atoms with Crippen LogP contribution in [-0.2, 0) is 6.61 Å². The van der Waals surface area contributed by atoms with Crippen LogP contribution in [0.15, 0.2) is 36.4 Å². The number of rotatable bonds is 3. The Hall–Kier alpha value is -1.25. The van der Waals surface area contributed by atoms with Crippen molar-refractivity contribution >= 4 is 23.2 Å². The van der Waals surface area contributed by atoms with Gasteiger partial charge in [0, 0.05) is 0 Å². The molecule has 2 nitrogen and oxygen atoms in total. The van der Waals surface area contributed by atoms with Crippen molar-refractivity contribution in [2.24, 2.45) is 0 Å². The summed E-state index contributed by atoms with van der Waals surface area (Å²) in [7, 11) is 0. The Morgan fingerprint density at radius 3 is 2.47 bits per heavy atom. The molecule has 1 heterocycles. The minimum absolute atomic E-state index is 0.308. The van der Waals surface area contributed by atoms with E-state index in [9.17, 15) is 0 Å². The Kier molecular flexibility index (Phi) is 3.87. The molecule has 0 amide bonds. The highest BCUT2D eigenvalue weighted by Gasteiger charge is 2.04. The molecular weight excluding hydrogens is 257 g/mol. The van der Waals surface area contributed by atoms with Crippen LogP contribution in [0.2, 0.25) is 10.2 Å². The van der Waals surface area contributed by atoms with Crippen LogP contribution >= 0.6 is 23.2 Å². The number of pyridine rings is 1. The number of aromatic nitrogens is 1. The average Bonchev–Trinajstić information content (AvgIpc) is 2.32. The lowest BCUT2D eigenvalue weighted by molar-refractivity contribution is 0.301. The molecule has 0 N–H and O–H groups in total. The van der Waals surface area contributed by atoms with Gasteiger partial charge < -0.3 is 4.74 Å². The largest absolute Gasteiger partial charge is 0.487 e. The maximum atomic E-state index is 5.99. The van der Waals surface area contributed by atoms with Gasteiger partial charge in [-0.1, -0.05) is 40.9 Å². The van der Waals surface area contributed by atoms with Crippen molar-refractivity contribution in [3.05, 3.63) is 57.8 Å². The van der Waals surface area contributed by atoms with E-state index in [-0.39, 0.29) is 0 Å². The van der Waals surface area contributed by atoms with E-state index in [2.05, 4.69) is 4.98 Å². The van der Waals surface area contributed by atoms with Gasteiger partial charge in [-0.15, -0.1) is 0 Å². The normalized spacial score (nSPS) is 10.3. The maximum absolute atomic E-state index is 5.99. The van der Waals surface area contributed by atoms with E-state index in [1.54, 1.807) is 12.1 Å². The van der Waals surface area contributed by atoms with Crippen molar-refractivity contribution in [2.45, 2.75) is 13.5 Å². The van der Waals surface area contributed by atoms with Gasteiger partial charge in [0.2, 0.25) is 0 Å². The zero-order valence-electron chi connectivity index (χ0n) is 9.28. The van der Waals surface area contributed by atoms with Gasteiger partial charge in [0.15, 0.2) is 0 Å². The summed E-state index contributed by atoms with van der Waals surface area (Å²) >= 11 is 11.8. The van der Waals surface area contributed by atoms with Crippen molar-refractivity contribution in [3.63, 3.8) is 0 Å². The molecule has 2 rings (SSSR count). The monoisotopic (exact) mass is 267 g/mol. The van der Waals surface area contributed by atoms with Gasteiger partial charge in [-0.2, -0.15) is 0 Å².